The fourth-order valence-electron chi connectivity index (χ4n) is 2.68. The van der Waals surface area contributed by atoms with Crippen LogP contribution in [0.2, 0.25) is 5.02 Å². The van der Waals surface area contributed by atoms with E-state index in [1.807, 2.05) is 24.3 Å². The summed E-state index contributed by atoms with van der Waals surface area (Å²) in [5.41, 5.74) is 1.62. The Morgan fingerprint density at radius 2 is 2.04 bits per heavy atom. The highest BCUT2D eigenvalue weighted by atomic mass is 35.5. The summed E-state index contributed by atoms with van der Waals surface area (Å²) in [5, 5.41) is 6.02. The van der Waals surface area contributed by atoms with E-state index < -0.39 is 12.2 Å². The minimum absolute atomic E-state index is 0.219. The first-order valence-electron chi connectivity index (χ1n) is 8.43. The van der Waals surface area contributed by atoms with Gasteiger partial charge in [-0.1, -0.05) is 29.8 Å². The Hall–Kier alpha value is -2.93. The number of methoxy groups -OCH3 is 1. The van der Waals surface area contributed by atoms with Crippen LogP contribution in [0, 0.1) is 0 Å². The van der Waals surface area contributed by atoms with E-state index in [2.05, 4.69) is 10.6 Å². The first kappa shape index (κ1) is 18.8. The van der Waals surface area contributed by atoms with Gasteiger partial charge in [-0.2, -0.15) is 0 Å². The molecular formula is C19H20ClN3O4. The van der Waals surface area contributed by atoms with Crippen molar-refractivity contribution in [2.24, 2.45) is 0 Å². The average Bonchev–Trinajstić information content (AvgIpc) is 3.06. The maximum Gasteiger partial charge on any atom is 0.414 e. The van der Waals surface area contributed by atoms with Crippen LogP contribution in [-0.2, 0) is 11.3 Å². The van der Waals surface area contributed by atoms with Crippen LogP contribution in [0.5, 0.6) is 5.75 Å². The molecule has 0 aliphatic carbocycles. The van der Waals surface area contributed by atoms with Crippen LogP contribution in [0.15, 0.2) is 48.5 Å². The molecule has 1 fully saturated rings. The van der Waals surface area contributed by atoms with Crippen molar-refractivity contribution in [3.05, 3.63) is 59.1 Å². The van der Waals surface area contributed by atoms with E-state index in [4.69, 9.17) is 21.1 Å². The standard InChI is InChI=1S/C19H20ClN3O4/c1-26-16-7-5-13(6-8-16)10-21-18(24)22-11-17-12-23(19(25)27-17)15-4-2-3-14(20)9-15/h2-9,17H,10-12H2,1H3,(H2,21,22,24)/t17-/m1/s1. The second-order valence-corrected chi connectivity index (χ2v) is 6.44. The number of urea groups is 1. The summed E-state index contributed by atoms with van der Waals surface area (Å²) in [6.45, 7) is 0.949. The zero-order valence-corrected chi connectivity index (χ0v) is 15.5. The predicted molar refractivity (Wildman–Crippen MR) is 102 cm³/mol. The SMILES string of the molecule is COc1ccc(CNC(=O)NC[C@@H]2CN(c3cccc(Cl)c3)C(=O)O2)cc1. The van der Waals surface area contributed by atoms with Crippen molar-refractivity contribution in [1.82, 2.24) is 10.6 Å². The smallest absolute Gasteiger partial charge is 0.414 e. The quantitative estimate of drug-likeness (QED) is 0.795. The van der Waals surface area contributed by atoms with Gasteiger partial charge in [0.05, 0.1) is 20.2 Å². The van der Waals surface area contributed by atoms with E-state index in [-0.39, 0.29) is 12.6 Å². The van der Waals surface area contributed by atoms with Gasteiger partial charge in [-0.25, -0.2) is 9.59 Å². The molecule has 1 atom stereocenters. The zero-order valence-electron chi connectivity index (χ0n) is 14.8. The third-order valence-electron chi connectivity index (χ3n) is 4.10. The number of amides is 3. The molecule has 27 heavy (non-hydrogen) atoms. The lowest BCUT2D eigenvalue weighted by Gasteiger charge is -2.13. The number of cyclic esters (lactones) is 1. The second kappa shape index (κ2) is 8.64. The predicted octanol–water partition coefficient (Wildman–Crippen LogP) is 3.17. The van der Waals surface area contributed by atoms with Crippen molar-refractivity contribution in [3.8, 4) is 5.75 Å². The maximum absolute atomic E-state index is 12.0. The highest BCUT2D eigenvalue weighted by Crippen LogP contribution is 2.24. The van der Waals surface area contributed by atoms with Crippen molar-refractivity contribution in [2.45, 2.75) is 12.6 Å². The Kier molecular flexibility index (Phi) is 6.03. The lowest BCUT2D eigenvalue weighted by molar-refractivity contribution is 0.140. The molecule has 2 N–H and O–H groups in total. The van der Waals surface area contributed by atoms with Gasteiger partial charge in [0.15, 0.2) is 0 Å². The monoisotopic (exact) mass is 389 g/mol. The highest BCUT2D eigenvalue weighted by Gasteiger charge is 2.32. The summed E-state index contributed by atoms with van der Waals surface area (Å²) in [6.07, 6.45) is -0.883. The van der Waals surface area contributed by atoms with Gasteiger partial charge in [-0.3, -0.25) is 4.90 Å². The number of nitrogens with one attached hydrogen (secondary N) is 2. The van der Waals surface area contributed by atoms with Gasteiger partial charge in [0.2, 0.25) is 0 Å². The van der Waals surface area contributed by atoms with Crippen molar-refractivity contribution >= 4 is 29.4 Å². The normalized spacial score (nSPS) is 16.0. The Balaban J connectivity index is 1.44. The Labute approximate surface area is 162 Å². The van der Waals surface area contributed by atoms with Crippen molar-refractivity contribution in [2.75, 3.05) is 25.1 Å². The molecule has 2 aromatic carbocycles. The van der Waals surface area contributed by atoms with Gasteiger partial charge in [0.1, 0.15) is 11.9 Å². The van der Waals surface area contributed by atoms with Gasteiger partial charge in [0.25, 0.3) is 0 Å². The number of benzene rings is 2. The molecule has 0 aromatic heterocycles. The number of hydrogen-bond acceptors (Lipinski definition) is 4. The fourth-order valence-corrected chi connectivity index (χ4v) is 2.86. The van der Waals surface area contributed by atoms with E-state index in [0.717, 1.165) is 11.3 Å². The number of carbonyl (C=O) groups excluding carboxylic acids is 2. The van der Waals surface area contributed by atoms with Crippen molar-refractivity contribution in [3.63, 3.8) is 0 Å². The Bertz CT molecular complexity index is 813. The molecule has 0 spiro atoms. The third kappa shape index (κ3) is 5.04. The van der Waals surface area contributed by atoms with Gasteiger partial charge < -0.3 is 20.1 Å². The molecule has 1 aliphatic heterocycles. The summed E-state index contributed by atoms with van der Waals surface area (Å²) in [7, 11) is 1.60. The molecule has 2 aromatic rings. The molecule has 0 saturated carbocycles. The molecule has 8 heteroatoms. The largest absolute Gasteiger partial charge is 0.497 e. The van der Waals surface area contributed by atoms with Crippen LogP contribution in [-0.4, -0.2) is 38.4 Å². The summed E-state index contributed by atoms with van der Waals surface area (Å²) >= 11 is 5.96. The number of nitrogens with zero attached hydrogens (tertiary/aromatic N) is 1. The molecule has 142 valence electrons. The molecule has 0 unspecified atom stereocenters. The molecule has 1 heterocycles. The number of ether oxygens (including phenoxy) is 2. The molecule has 3 amide bonds. The van der Waals surface area contributed by atoms with E-state index in [0.29, 0.717) is 23.8 Å². The first-order valence-corrected chi connectivity index (χ1v) is 8.81. The fraction of sp³-hybridized carbons (Fsp3) is 0.263. The number of halogens is 1. The van der Waals surface area contributed by atoms with Gasteiger partial charge in [-0.05, 0) is 35.9 Å². The lowest BCUT2D eigenvalue weighted by Crippen LogP contribution is -2.40. The molecule has 0 radical (unpaired) electrons. The second-order valence-electron chi connectivity index (χ2n) is 6.01. The van der Waals surface area contributed by atoms with Crippen LogP contribution in [0.1, 0.15) is 5.56 Å². The topological polar surface area (TPSA) is 79.9 Å². The van der Waals surface area contributed by atoms with Crippen molar-refractivity contribution < 1.29 is 19.1 Å². The van der Waals surface area contributed by atoms with Crippen LogP contribution in [0.25, 0.3) is 0 Å². The molecule has 0 bridgehead atoms. The highest BCUT2D eigenvalue weighted by molar-refractivity contribution is 6.30. The average molecular weight is 390 g/mol. The number of anilines is 1. The minimum Gasteiger partial charge on any atom is -0.497 e. The van der Waals surface area contributed by atoms with Crippen LogP contribution < -0.4 is 20.3 Å². The van der Waals surface area contributed by atoms with Gasteiger partial charge >= 0.3 is 12.1 Å². The minimum atomic E-state index is -0.456. The van der Waals surface area contributed by atoms with Crippen LogP contribution >= 0.6 is 11.6 Å². The number of carbonyl (C=O) groups is 2. The Morgan fingerprint density at radius 1 is 1.26 bits per heavy atom. The molecule has 1 aliphatic rings. The van der Waals surface area contributed by atoms with Gasteiger partial charge in [-0.15, -0.1) is 0 Å². The van der Waals surface area contributed by atoms with Crippen LogP contribution in [0.4, 0.5) is 15.3 Å². The van der Waals surface area contributed by atoms with E-state index in [1.54, 1.807) is 31.4 Å². The summed E-state index contributed by atoms with van der Waals surface area (Å²) in [4.78, 5) is 25.5. The molecule has 3 rings (SSSR count). The first-order chi connectivity index (χ1) is 13.0. The van der Waals surface area contributed by atoms with E-state index >= 15 is 0 Å². The van der Waals surface area contributed by atoms with E-state index in [9.17, 15) is 9.59 Å². The molecular weight excluding hydrogens is 370 g/mol. The summed E-state index contributed by atoms with van der Waals surface area (Å²) in [5.74, 6) is 0.760. The number of rotatable bonds is 6. The maximum atomic E-state index is 12.0. The van der Waals surface area contributed by atoms with Gasteiger partial charge in [0, 0.05) is 17.3 Å². The number of hydrogen-bond donors (Lipinski definition) is 2. The lowest BCUT2D eigenvalue weighted by atomic mass is 10.2. The molecule has 1 saturated heterocycles. The van der Waals surface area contributed by atoms with Crippen LogP contribution in [0.3, 0.4) is 0 Å². The Morgan fingerprint density at radius 3 is 2.74 bits per heavy atom. The zero-order chi connectivity index (χ0) is 19.2. The summed E-state index contributed by atoms with van der Waals surface area (Å²) < 4.78 is 10.4. The van der Waals surface area contributed by atoms with E-state index in [1.165, 1.54) is 4.90 Å². The third-order valence-corrected chi connectivity index (χ3v) is 4.33. The molecule has 7 nitrogen and oxygen atoms in total. The van der Waals surface area contributed by atoms with Crippen molar-refractivity contribution in [1.29, 1.82) is 0 Å². The summed E-state index contributed by atoms with van der Waals surface area (Å²) in [6, 6.07) is 14.1.